The number of hydrogen-bond donors (Lipinski definition) is 2. The van der Waals surface area contributed by atoms with Crippen LogP contribution in [0.5, 0.6) is 0 Å². The molecule has 0 heterocycles. The maximum Gasteiger partial charge on any atom is 0.276 e. The highest BCUT2D eigenvalue weighted by Crippen LogP contribution is 1.85. The quantitative estimate of drug-likeness (QED) is 0.526. The van der Waals surface area contributed by atoms with Crippen LogP contribution < -0.4 is 10.5 Å². The Bertz CT molecular complexity index is 177. The smallest absolute Gasteiger partial charge is 0.276 e. The normalized spacial score (nSPS) is 12.4. The van der Waals surface area contributed by atoms with Crippen molar-refractivity contribution >= 4 is 10.2 Å². The molecule has 62 valence electrons. The highest BCUT2D eigenvalue weighted by molar-refractivity contribution is 7.86. The summed E-state index contributed by atoms with van der Waals surface area (Å²) in [5, 5.41) is 7.60. The number of rotatable bonds is 4. The first-order valence-electron chi connectivity index (χ1n) is 2.87. The van der Waals surface area contributed by atoms with E-state index in [0.29, 0.717) is 13.1 Å². The third kappa shape index (κ3) is 3.78. The van der Waals surface area contributed by atoms with Gasteiger partial charge in [0.2, 0.25) is 0 Å². The summed E-state index contributed by atoms with van der Waals surface area (Å²) in [6, 6.07) is 0. The minimum absolute atomic E-state index is 0.398. The lowest BCUT2D eigenvalue weighted by molar-refractivity contribution is 0.467. The van der Waals surface area contributed by atoms with Crippen molar-refractivity contribution < 1.29 is 8.42 Å². The molecule has 0 atom stereocenters. The molecular formula is C4H13N3O2S. The summed E-state index contributed by atoms with van der Waals surface area (Å²) in [6.45, 7) is 1.00. The number of likely N-dealkylation sites (N-methyl/N-ethyl adjacent to an activating group) is 2. The number of nitrogens with zero attached hydrogens (tertiary/aromatic N) is 1. The zero-order valence-corrected chi connectivity index (χ0v) is 6.98. The average Bonchev–Trinajstić information content (AvgIpc) is 1.80. The van der Waals surface area contributed by atoms with E-state index in [1.54, 1.807) is 7.05 Å². The molecule has 6 heteroatoms. The van der Waals surface area contributed by atoms with Gasteiger partial charge in [-0.3, -0.25) is 0 Å². The fourth-order valence-electron chi connectivity index (χ4n) is 0.396. The molecule has 0 rings (SSSR count). The van der Waals surface area contributed by atoms with Crippen LogP contribution in [-0.4, -0.2) is 39.9 Å². The van der Waals surface area contributed by atoms with Crippen molar-refractivity contribution in [2.24, 2.45) is 5.14 Å². The predicted octanol–water partition coefficient (Wildman–Crippen LogP) is -1.66. The zero-order chi connectivity index (χ0) is 8.20. The van der Waals surface area contributed by atoms with Crippen LogP contribution in [0.25, 0.3) is 0 Å². The number of hydrogen-bond acceptors (Lipinski definition) is 3. The lowest BCUT2D eigenvalue weighted by Gasteiger charge is -2.11. The number of nitrogens with two attached hydrogens (primary N) is 1. The van der Waals surface area contributed by atoms with Gasteiger partial charge in [0.1, 0.15) is 0 Å². The molecule has 0 radical (unpaired) electrons. The Hall–Kier alpha value is -0.170. The largest absolute Gasteiger partial charge is 0.318 e. The van der Waals surface area contributed by atoms with Crippen LogP contribution in [-0.2, 0) is 10.2 Å². The fraction of sp³-hybridized carbons (Fsp3) is 1.00. The van der Waals surface area contributed by atoms with Gasteiger partial charge >= 0.3 is 0 Å². The van der Waals surface area contributed by atoms with Gasteiger partial charge in [-0.25, -0.2) is 5.14 Å². The molecular weight excluding hydrogens is 154 g/mol. The third-order valence-electron chi connectivity index (χ3n) is 1.11. The Morgan fingerprint density at radius 2 is 2.10 bits per heavy atom. The maximum atomic E-state index is 10.5. The second-order valence-corrected chi connectivity index (χ2v) is 3.62. The first-order valence-corrected chi connectivity index (χ1v) is 4.37. The van der Waals surface area contributed by atoms with Gasteiger partial charge in [0, 0.05) is 20.1 Å². The first kappa shape index (κ1) is 9.83. The van der Waals surface area contributed by atoms with E-state index in [9.17, 15) is 8.42 Å². The molecule has 0 saturated carbocycles. The van der Waals surface area contributed by atoms with Crippen LogP contribution in [0.2, 0.25) is 0 Å². The molecule has 0 aromatic rings. The molecule has 0 bridgehead atoms. The molecule has 3 N–H and O–H groups in total. The van der Waals surface area contributed by atoms with Crippen molar-refractivity contribution in [2.75, 3.05) is 27.2 Å². The molecule has 0 aliphatic heterocycles. The highest BCUT2D eigenvalue weighted by atomic mass is 32.2. The Morgan fingerprint density at radius 3 is 2.40 bits per heavy atom. The summed E-state index contributed by atoms with van der Waals surface area (Å²) in [5.74, 6) is 0. The van der Waals surface area contributed by atoms with Crippen LogP contribution in [0.3, 0.4) is 0 Å². The summed E-state index contributed by atoms with van der Waals surface area (Å²) in [4.78, 5) is 0. The van der Waals surface area contributed by atoms with Crippen LogP contribution in [0.1, 0.15) is 0 Å². The van der Waals surface area contributed by atoms with Gasteiger partial charge in [-0.05, 0) is 7.05 Å². The fourth-order valence-corrected chi connectivity index (χ4v) is 0.742. The van der Waals surface area contributed by atoms with E-state index in [4.69, 9.17) is 5.14 Å². The molecule has 0 aliphatic carbocycles. The van der Waals surface area contributed by atoms with Gasteiger partial charge in [-0.1, -0.05) is 0 Å². The molecule has 10 heavy (non-hydrogen) atoms. The van der Waals surface area contributed by atoms with Gasteiger partial charge in [0.15, 0.2) is 0 Å². The molecule has 0 unspecified atom stereocenters. The third-order valence-corrected chi connectivity index (χ3v) is 2.16. The van der Waals surface area contributed by atoms with Crippen molar-refractivity contribution in [3.05, 3.63) is 0 Å². The van der Waals surface area contributed by atoms with Crippen molar-refractivity contribution in [3.63, 3.8) is 0 Å². The first-order chi connectivity index (χ1) is 4.48. The van der Waals surface area contributed by atoms with Crippen LogP contribution >= 0.6 is 0 Å². The molecule has 0 amide bonds. The van der Waals surface area contributed by atoms with Crippen molar-refractivity contribution in [1.82, 2.24) is 9.62 Å². The van der Waals surface area contributed by atoms with E-state index in [-0.39, 0.29) is 0 Å². The summed E-state index contributed by atoms with van der Waals surface area (Å²) < 4.78 is 22.1. The molecule has 0 saturated heterocycles. The average molecular weight is 167 g/mol. The van der Waals surface area contributed by atoms with E-state index < -0.39 is 10.2 Å². The Balaban J connectivity index is 3.75. The predicted molar refractivity (Wildman–Crippen MR) is 39.7 cm³/mol. The Morgan fingerprint density at radius 1 is 1.60 bits per heavy atom. The summed E-state index contributed by atoms with van der Waals surface area (Å²) in [6.07, 6.45) is 0. The second-order valence-electron chi connectivity index (χ2n) is 1.97. The standard InChI is InChI=1S/C4H13N3O2S/c1-6-3-4-7(2)10(5,8)9/h6H,3-4H2,1-2H3,(H2,5,8,9). The summed E-state index contributed by atoms with van der Waals surface area (Å²) in [5.41, 5.74) is 0. The molecule has 0 aromatic heterocycles. The van der Waals surface area contributed by atoms with Crippen molar-refractivity contribution in [3.8, 4) is 0 Å². The number of nitrogens with one attached hydrogen (secondary N) is 1. The van der Waals surface area contributed by atoms with Gasteiger partial charge in [-0.15, -0.1) is 0 Å². The van der Waals surface area contributed by atoms with Gasteiger partial charge in [0.05, 0.1) is 0 Å². The Kier molecular flexibility index (Phi) is 3.80. The second kappa shape index (κ2) is 3.87. The minimum Gasteiger partial charge on any atom is -0.318 e. The molecule has 0 fully saturated rings. The molecule has 0 spiro atoms. The molecule has 0 aliphatic rings. The van der Waals surface area contributed by atoms with Gasteiger partial charge in [0.25, 0.3) is 10.2 Å². The Labute approximate surface area is 61.4 Å². The van der Waals surface area contributed by atoms with E-state index >= 15 is 0 Å². The summed E-state index contributed by atoms with van der Waals surface area (Å²) >= 11 is 0. The highest BCUT2D eigenvalue weighted by Gasteiger charge is 2.08. The van der Waals surface area contributed by atoms with E-state index in [1.807, 2.05) is 0 Å². The van der Waals surface area contributed by atoms with Crippen LogP contribution in [0.15, 0.2) is 0 Å². The van der Waals surface area contributed by atoms with Gasteiger partial charge < -0.3 is 5.32 Å². The van der Waals surface area contributed by atoms with E-state index in [2.05, 4.69) is 5.32 Å². The van der Waals surface area contributed by atoms with Gasteiger partial charge in [-0.2, -0.15) is 12.7 Å². The SMILES string of the molecule is CNCCN(C)S(N)(=O)=O. The van der Waals surface area contributed by atoms with Crippen molar-refractivity contribution in [2.45, 2.75) is 0 Å². The monoisotopic (exact) mass is 167 g/mol. The topological polar surface area (TPSA) is 75.4 Å². The van der Waals surface area contributed by atoms with Crippen molar-refractivity contribution in [1.29, 1.82) is 0 Å². The van der Waals surface area contributed by atoms with E-state index in [0.717, 1.165) is 4.31 Å². The minimum atomic E-state index is -3.48. The van der Waals surface area contributed by atoms with Crippen LogP contribution in [0.4, 0.5) is 0 Å². The lowest BCUT2D eigenvalue weighted by atomic mass is 10.6. The van der Waals surface area contributed by atoms with E-state index in [1.165, 1.54) is 7.05 Å². The van der Waals surface area contributed by atoms with Crippen LogP contribution in [0, 0.1) is 0 Å². The lowest BCUT2D eigenvalue weighted by Crippen LogP contribution is -2.37. The maximum absolute atomic E-state index is 10.5. The zero-order valence-electron chi connectivity index (χ0n) is 6.16. The summed E-state index contributed by atoms with van der Waals surface area (Å²) in [7, 11) is -0.298. The molecule has 0 aromatic carbocycles. The molecule has 5 nitrogen and oxygen atoms in total.